The monoisotopic (exact) mass is 333 g/mol. The van der Waals surface area contributed by atoms with Crippen LogP contribution >= 0.6 is 11.8 Å². The molecule has 5 nitrogen and oxygen atoms in total. The van der Waals surface area contributed by atoms with Gasteiger partial charge in [-0.1, -0.05) is 24.1 Å². The van der Waals surface area contributed by atoms with E-state index < -0.39 is 0 Å². The van der Waals surface area contributed by atoms with Gasteiger partial charge in [-0.3, -0.25) is 4.79 Å². The molecule has 0 bridgehead atoms. The standard InChI is InChI=1S/C17H23N3O2S/c1-11-6-8-12(9-7-11)18-15(21)5-3-2-4-14-16-13(10-23-14)19-17(22)20-16/h6-9,13-14,16H,2-5,10H2,1H3,(H,18,21)(H2,19,20,22)/t13-,14+,16-/m1/s1. The Bertz CT molecular complexity index is 576. The van der Waals surface area contributed by atoms with E-state index in [0.29, 0.717) is 11.7 Å². The van der Waals surface area contributed by atoms with Gasteiger partial charge in [0.15, 0.2) is 0 Å². The van der Waals surface area contributed by atoms with Gasteiger partial charge in [0.1, 0.15) is 0 Å². The summed E-state index contributed by atoms with van der Waals surface area (Å²) in [7, 11) is 0. The summed E-state index contributed by atoms with van der Waals surface area (Å²) in [5.41, 5.74) is 2.04. The molecule has 1 aromatic rings. The van der Waals surface area contributed by atoms with E-state index in [1.165, 1.54) is 5.56 Å². The SMILES string of the molecule is Cc1ccc(NC(=O)CCCC[C@@H]2SC[C@H]3NC(=O)N[C@@H]23)cc1. The van der Waals surface area contributed by atoms with E-state index >= 15 is 0 Å². The van der Waals surface area contributed by atoms with Crippen LogP contribution in [-0.2, 0) is 4.79 Å². The van der Waals surface area contributed by atoms with E-state index in [0.717, 1.165) is 30.7 Å². The van der Waals surface area contributed by atoms with Gasteiger partial charge in [-0.2, -0.15) is 11.8 Å². The molecule has 3 amide bonds. The zero-order chi connectivity index (χ0) is 16.2. The number of carbonyl (C=O) groups is 2. The molecule has 23 heavy (non-hydrogen) atoms. The number of aryl methyl sites for hydroxylation is 1. The molecule has 2 aliphatic rings. The van der Waals surface area contributed by atoms with Gasteiger partial charge in [0.05, 0.1) is 12.1 Å². The van der Waals surface area contributed by atoms with Crippen molar-refractivity contribution < 1.29 is 9.59 Å². The van der Waals surface area contributed by atoms with Crippen molar-refractivity contribution in [2.24, 2.45) is 0 Å². The van der Waals surface area contributed by atoms with Crippen molar-refractivity contribution in [3.63, 3.8) is 0 Å². The van der Waals surface area contributed by atoms with Crippen LogP contribution in [0.3, 0.4) is 0 Å². The van der Waals surface area contributed by atoms with Crippen molar-refractivity contribution in [1.82, 2.24) is 10.6 Å². The van der Waals surface area contributed by atoms with E-state index in [9.17, 15) is 9.59 Å². The molecule has 3 N–H and O–H groups in total. The maximum Gasteiger partial charge on any atom is 0.315 e. The van der Waals surface area contributed by atoms with Crippen molar-refractivity contribution in [2.45, 2.75) is 49.9 Å². The molecule has 2 heterocycles. The van der Waals surface area contributed by atoms with Gasteiger partial charge in [0.2, 0.25) is 5.91 Å². The second kappa shape index (κ2) is 7.25. The molecule has 2 aliphatic heterocycles. The minimum Gasteiger partial charge on any atom is -0.332 e. The lowest BCUT2D eigenvalue weighted by molar-refractivity contribution is -0.116. The molecule has 0 aromatic heterocycles. The lowest BCUT2D eigenvalue weighted by Gasteiger charge is -2.16. The molecule has 0 spiro atoms. The van der Waals surface area contributed by atoms with Gasteiger partial charge in [-0.15, -0.1) is 0 Å². The largest absolute Gasteiger partial charge is 0.332 e. The summed E-state index contributed by atoms with van der Waals surface area (Å²) in [6.45, 7) is 2.03. The Kier molecular flexibility index (Phi) is 5.10. The first kappa shape index (κ1) is 16.2. The third-order valence-electron chi connectivity index (χ3n) is 4.42. The second-order valence-corrected chi connectivity index (χ2v) is 7.55. The highest BCUT2D eigenvalue weighted by molar-refractivity contribution is 8.00. The molecule has 124 valence electrons. The van der Waals surface area contributed by atoms with Gasteiger partial charge >= 0.3 is 6.03 Å². The predicted molar refractivity (Wildman–Crippen MR) is 93.8 cm³/mol. The number of amides is 3. The summed E-state index contributed by atoms with van der Waals surface area (Å²) in [5, 5.41) is 9.35. The summed E-state index contributed by atoms with van der Waals surface area (Å²) in [4.78, 5) is 23.3. The van der Waals surface area contributed by atoms with Crippen LogP contribution in [0.1, 0.15) is 31.2 Å². The van der Waals surface area contributed by atoms with E-state index in [4.69, 9.17) is 0 Å². The first-order valence-electron chi connectivity index (χ1n) is 8.17. The van der Waals surface area contributed by atoms with Gasteiger partial charge in [0, 0.05) is 23.1 Å². The van der Waals surface area contributed by atoms with Crippen molar-refractivity contribution >= 4 is 29.4 Å². The van der Waals surface area contributed by atoms with Crippen molar-refractivity contribution in [1.29, 1.82) is 0 Å². The van der Waals surface area contributed by atoms with Gasteiger partial charge < -0.3 is 16.0 Å². The zero-order valence-electron chi connectivity index (χ0n) is 13.3. The number of unbranched alkanes of at least 4 members (excludes halogenated alkanes) is 1. The summed E-state index contributed by atoms with van der Waals surface area (Å²) in [6.07, 6.45) is 3.49. The number of hydrogen-bond acceptors (Lipinski definition) is 3. The molecular formula is C17H23N3O2S. The Morgan fingerprint density at radius 2 is 2.04 bits per heavy atom. The van der Waals surface area contributed by atoms with E-state index in [2.05, 4.69) is 16.0 Å². The molecular weight excluding hydrogens is 310 g/mol. The van der Waals surface area contributed by atoms with E-state index in [1.54, 1.807) is 0 Å². The van der Waals surface area contributed by atoms with Crippen molar-refractivity contribution in [2.75, 3.05) is 11.1 Å². The number of rotatable bonds is 6. The number of fused-ring (bicyclic) bond motifs is 1. The van der Waals surface area contributed by atoms with Gasteiger partial charge in [-0.25, -0.2) is 4.79 Å². The Labute approximate surface area is 141 Å². The van der Waals surface area contributed by atoms with Crippen LogP contribution in [0.5, 0.6) is 0 Å². The third kappa shape index (κ3) is 4.19. The highest BCUT2D eigenvalue weighted by Gasteiger charge is 2.42. The van der Waals surface area contributed by atoms with Crippen LogP contribution in [0.25, 0.3) is 0 Å². The highest BCUT2D eigenvalue weighted by atomic mass is 32.2. The lowest BCUT2D eigenvalue weighted by Crippen LogP contribution is -2.36. The minimum atomic E-state index is -0.0391. The third-order valence-corrected chi connectivity index (χ3v) is 5.92. The summed E-state index contributed by atoms with van der Waals surface area (Å²) in [5.74, 6) is 1.06. The average Bonchev–Trinajstić information content (AvgIpc) is 3.06. The summed E-state index contributed by atoms with van der Waals surface area (Å²) < 4.78 is 0. The highest BCUT2D eigenvalue weighted by Crippen LogP contribution is 2.33. The van der Waals surface area contributed by atoms with Crippen molar-refractivity contribution in [3.05, 3.63) is 29.8 Å². The lowest BCUT2D eigenvalue weighted by atomic mass is 10.0. The molecule has 6 heteroatoms. The van der Waals surface area contributed by atoms with Crippen LogP contribution in [0, 0.1) is 6.92 Å². The summed E-state index contributed by atoms with van der Waals surface area (Å²) >= 11 is 1.92. The fourth-order valence-electron chi connectivity index (χ4n) is 3.13. The van der Waals surface area contributed by atoms with Crippen molar-refractivity contribution in [3.8, 4) is 0 Å². The molecule has 1 aromatic carbocycles. The molecule has 3 rings (SSSR count). The fourth-order valence-corrected chi connectivity index (χ4v) is 4.68. The summed E-state index contributed by atoms with van der Waals surface area (Å²) in [6, 6.07) is 8.34. The van der Waals surface area contributed by atoms with Gasteiger partial charge in [-0.05, 0) is 31.9 Å². The zero-order valence-corrected chi connectivity index (χ0v) is 14.1. The first-order chi connectivity index (χ1) is 11.1. The Morgan fingerprint density at radius 3 is 2.83 bits per heavy atom. The van der Waals surface area contributed by atoms with E-state index in [1.807, 2.05) is 43.0 Å². The minimum absolute atomic E-state index is 0.0391. The maximum absolute atomic E-state index is 11.9. The molecule has 0 radical (unpaired) electrons. The molecule has 3 atom stereocenters. The molecule has 2 saturated heterocycles. The fraction of sp³-hybridized carbons (Fsp3) is 0.529. The molecule has 0 saturated carbocycles. The number of benzene rings is 1. The number of anilines is 1. The first-order valence-corrected chi connectivity index (χ1v) is 9.22. The van der Waals surface area contributed by atoms with Crippen LogP contribution in [-0.4, -0.2) is 35.0 Å². The topological polar surface area (TPSA) is 70.2 Å². The normalized spacial score (nSPS) is 25.6. The number of nitrogens with one attached hydrogen (secondary N) is 3. The quantitative estimate of drug-likeness (QED) is 0.554. The molecule has 0 unspecified atom stereocenters. The Hall–Kier alpha value is -1.69. The molecule has 2 fully saturated rings. The predicted octanol–water partition coefficient (Wildman–Crippen LogP) is 2.66. The Balaban J connectivity index is 1.34. The second-order valence-electron chi connectivity index (χ2n) is 6.28. The smallest absolute Gasteiger partial charge is 0.315 e. The number of carbonyl (C=O) groups excluding carboxylic acids is 2. The van der Waals surface area contributed by atoms with Crippen LogP contribution in [0.2, 0.25) is 0 Å². The van der Waals surface area contributed by atoms with Gasteiger partial charge in [0.25, 0.3) is 0 Å². The Morgan fingerprint density at radius 1 is 1.26 bits per heavy atom. The number of urea groups is 1. The van der Waals surface area contributed by atoms with Crippen LogP contribution in [0.4, 0.5) is 10.5 Å². The van der Waals surface area contributed by atoms with E-state index in [-0.39, 0.29) is 24.0 Å². The maximum atomic E-state index is 11.9. The van der Waals surface area contributed by atoms with Crippen LogP contribution < -0.4 is 16.0 Å². The van der Waals surface area contributed by atoms with Crippen LogP contribution in [0.15, 0.2) is 24.3 Å². The average molecular weight is 333 g/mol. The molecule has 0 aliphatic carbocycles. The number of thioether (sulfide) groups is 1. The number of hydrogen-bond donors (Lipinski definition) is 3.